The molecule has 0 aromatic heterocycles. The number of nitrogens with zero attached hydrogens (tertiary/aromatic N) is 2. The summed E-state index contributed by atoms with van der Waals surface area (Å²) in [6.45, 7) is 3.19. The van der Waals surface area contributed by atoms with Gasteiger partial charge in [-0.05, 0) is 54.1 Å². The van der Waals surface area contributed by atoms with E-state index in [9.17, 15) is 9.59 Å². The maximum atomic E-state index is 12.7. The first-order valence-corrected chi connectivity index (χ1v) is 12.0. The summed E-state index contributed by atoms with van der Waals surface area (Å²) in [6, 6.07) is 21.2. The Bertz CT molecular complexity index is 1200. The van der Waals surface area contributed by atoms with Crippen LogP contribution in [-0.4, -0.2) is 56.6 Å². The SMILES string of the molecule is COc1cc(CNc2ccc(N3CCN(C(=O)c4ccccc4)CC3)cc2)cc(Cl)c1OCC(N)=O. The van der Waals surface area contributed by atoms with Crippen LogP contribution in [-0.2, 0) is 11.3 Å². The summed E-state index contributed by atoms with van der Waals surface area (Å²) in [4.78, 5) is 27.9. The average molecular weight is 509 g/mol. The molecule has 2 amide bonds. The van der Waals surface area contributed by atoms with Crippen molar-refractivity contribution in [1.82, 2.24) is 4.90 Å². The Morgan fingerprint density at radius 2 is 1.69 bits per heavy atom. The molecule has 1 aliphatic heterocycles. The van der Waals surface area contributed by atoms with Crippen molar-refractivity contribution >= 4 is 34.8 Å². The number of nitrogens with two attached hydrogens (primary N) is 1. The van der Waals surface area contributed by atoms with Gasteiger partial charge in [-0.3, -0.25) is 9.59 Å². The quantitative estimate of drug-likeness (QED) is 0.456. The maximum absolute atomic E-state index is 12.7. The lowest BCUT2D eigenvalue weighted by Crippen LogP contribution is -2.48. The fourth-order valence-electron chi connectivity index (χ4n) is 4.08. The number of hydrogen-bond acceptors (Lipinski definition) is 6. The Morgan fingerprint density at radius 3 is 2.33 bits per heavy atom. The van der Waals surface area contributed by atoms with Crippen LogP contribution in [0.4, 0.5) is 11.4 Å². The third kappa shape index (κ3) is 6.20. The van der Waals surface area contributed by atoms with Gasteiger partial charge in [0.05, 0.1) is 12.1 Å². The van der Waals surface area contributed by atoms with Crippen LogP contribution in [0.1, 0.15) is 15.9 Å². The fourth-order valence-corrected chi connectivity index (χ4v) is 4.37. The second-order valence-corrected chi connectivity index (χ2v) is 8.82. The van der Waals surface area contributed by atoms with E-state index in [-0.39, 0.29) is 18.3 Å². The second kappa shape index (κ2) is 11.7. The molecule has 0 bridgehead atoms. The predicted molar refractivity (Wildman–Crippen MR) is 141 cm³/mol. The number of hydrogen-bond donors (Lipinski definition) is 2. The zero-order valence-corrected chi connectivity index (χ0v) is 20.8. The Hall–Kier alpha value is -3.91. The summed E-state index contributed by atoms with van der Waals surface area (Å²) >= 11 is 6.33. The molecule has 1 saturated heterocycles. The molecule has 8 nitrogen and oxygen atoms in total. The summed E-state index contributed by atoms with van der Waals surface area (Å²) < 4.78 is 10.7. The Balaban J connectivity index is 1.31. The first-order valence-electron chi connectivity index (χ1n) is 11.7. The van der Waals surface area contributed by atoms with E-state index in [0.717, 1.165) is 35.6 Å². The highest BCUT2D eigenvalue weighted by molar-refractivity contribution is 6.32. The molecule has 1 heterocycles. The first-order chi connectivity index (χ1) is 17.4. The van der Waals surface area contributed by atoms with E-state index in [4.69, 9.17) is 26.8 Å². The van der Waals surface area contributed by atoms with Crippen LogP contribution in [0, 0.1) is 0 Å². The van der Waals surface area contributed by atoms with Crippen molar-refractivity contribution in [2.24, 2.45) is 5.73 Å². The molecule has 3 aromatic rings. The highest BCUT2D eigenvalue weighted by Crippen LogP contribution is 2.36. The molecule has 1 aliphatic rings. The van der Waals surface area contributed by atoms with Gasteiger partial charge < -0.3 is 30.3 Å². The summed E-state index contributed by atoms with van der Waals surface area (Å²) in [5, 5.41) is 3.72. The number of anilines is 2. The third-order valence-electron chi connectivity index (χ3n) is 5.96. The summed E-state index contributed by atoms with van der Waals surface area (Å²) in [6.07, 6.45) is 0. The van der Waals surface area contributed by atoms with E-state index >= 15 is 0 Å². The molecule has 4 rings (SSSR count). The van der Waals surface area contributed by atoms with Gasteiger partial charge in [0.25, 0.3) is 11.8 Å². The topological polar surface area (TPSA) is 97.1 Å². The van der Waals surface area contributed by atoms with Gasteiger partial charge in [0, 0.05) is 49.7 Å². The summed E-state index contributed by atoms with van der Waals surface area (Å²) in [7, 11) is 1.51. The molecule has 0 saturated carbocycles. The number of primary amides is 1. The van der Waals surface area contributed by atoms with Gasteiger partial charge in [-0.25, -0.2) is 0 Å². The number of amides is 2. The number of methoxy groups -OCH3 is 1. The van der Waals surface area contributed by atoms with Crippen LogP contribution in [0.25, 0.3) is 0 Å². The number of carbonyl (C=O) groups excluding carboxylic acids is 2. The lowest BCUT2D eigenvalue weighted by molar-refractivity contribution is -0.119. The Morgan fingerprint density at radius 1 is 1.00 bits per heavy atom. The van der Waals surface area contributed by atoms with Crippen LogP contribution < -0.4 is 25.4 Å². The van der Waals surface area contributed by atoms with Crippen LogP contribution >= 0.6 is 11.6 Å². The Labute approximate surface area is 215 Å². The second-order valence-electron chi connectivity index (χ2n) is 8.41. The number of ether oxygens (including phenoxy) is 2. The van der Waals surface area contributed by atoms with E-state index in [1.807, 2.05) is 47.4 Å². The van der Waals surface area contributed by atoms with Crippen LogP contribution in [0.2, 0.25) is 5.02 Å². The van der Waals surface area contributed by atoms with Crippen molar-refractivity contribution in [2.75, 3.05) is 50.1 Å². The molecule has 1 fully saturated rings. The lowest BCUT2D eigenvalue weighted by Gasteiger charge is -2.36. The molecule has 0 atom stereocenters. The molecule has 36 heavy (non-hydrogen) atoms. The van der Waals surface area contributed by atoms with Gasteiger partial charge in [-0.2, -0.15) is 0 Å². The minimum atomic E-state index is -0.593. The zero-order valence-electron chi connectivity index (χ0n) is 20.1. The monoisotopic (exact) mass is 508 g/mol. The van der Waals surface area contributed by atoms with E-state index in [0.29, 0.717) is 30.4 Å². The average Bonchev–Trinajstić information content (AvgIpc) is 2.91. The van der Waals surface area contributed by atoms with Crippen LogP contribution in [0.5, 0.6) is 11.5 Å². The van der Waals surface area contributed by atoms with Crippen molar-refractivity contribution in [1.29, 1.82) is 0 Å². The van der Waals surface area contributed by atoms with Gasteiger partial charge in [0.15, 0.2) is 18.1 Å². The molecular weight excluding hydrogens is 480 g/mol. The molecule has 0 aliphatic carbocycles. The lowest BCUT2D eigenvalue weighted by atomic mass is 10.1. The van der Waals surface area contributed by atoms with Gasteiger partial charge in [-0.1, -0.05) is 29.8 Å². The van der Waals surface area contributed by atoms with E-state index in [2.05, 4.69) is 22.3 Å². The van der Waals surface area contributed by atoms with E-state index < -0.39 is 5.91 Å². The van der Waals surface area contributed by atoms with E-state index in [1.165, 1.54) is 7.11 Å². The third-order valence-corrected chi connectivity index (χ3v) is 6.25. The number of rotatable bonds is 9. The fraction of sp³-hybridized carbons (Fsp3) is 0.259. The van der Waals surface area contributed by atoms with Gasteiger partial charge in [0.1, 0.15) is 0 Å². The largest absolute Gasteiger partial charge is 0.493 e. The molecule has 188 valence electrons. The Kier molecular flexibility index (Phi) is 8.17. The van der Waals surface area contributed by atoms with Crippen molar-refractivity contribution in [3.63, 3.8) is 0 Å². The molecular formula is C27H29ClN4O4. The molecule has 3 N–H and O–H groups in total. The van der Waals surface area contributed by atoms with Crippen molar-refractivity contribution in [2.45, 2.75) is 6.54 Å². The zero-order chi connectivity index (χ0) is 25.5. The van der Waals surface area contributed by atoms with E-state index in [1.54, 1.807) is 12.1 Å². The van der Waals surface area contributed by atoms with Gasteiger partial charge in [0.2, 0.25) is 0 Å². The van der Waals surface area contributed by atoms with Crippen LogP contribution in [0.15, 0.2) is 66.7 Å². The normalized spacial score (nSPS) is 13.3. The van der Waals surface area contributed by atoms with Crippen LogP contribution in [0.3, 0.4) is 0 Å². The molecule has 3 aromatic carbocycles. The molecule has 9 heteroatoms. The number of nitrogens with one attached hydrogen (secondary N) is 1. The smallest absolute Gasteiger partial charge is 0.255 e. The summed E-state index contributed by atoms with van der Waals surface area (Å²) in [5.41, 5.74) is 8.85. The summed E-state index contributed by atoms with van der Waals surface area (Å²) in [5.74, 6) is 0.210. The standard InChI is InChI=1S/C27H29ClN4O4/c1-35-24-16-19(15-23(28)26(24)36-18-25(29)33)17-30-21-7-9-22(10-8-21)31-11-13-32(14-12-31)27(34)20-5-3-2-4-6-20/h2-10,15-16,30H,11-14,17-18H2,1H3,(H2,29,33). The minimum Gasteiger partial charge on any atom is -0.493 e. The number of piperazine rings is 1. The molecule has 0 radical (unpaired) electrons. The molecule has 0 spiro atoms. The van der Waals surface area contributed by atoms with Gasteiger partial charge in [-0.15, -0.1) is 0 Å². The maximum Gasteiger partial charge on any atom is 0.255 e. The number of halogens is 1. The predicted octanol–water partition coefficient (Wildman–Crippen LogP) is 3.79. The highest BCUT2D eigenvalue weighted by atomic mass is 35.5. The van der Waals surface area contributed by atoms with Crippen molar-refractivity contribution in [3.05, 3.63) is 82.9 Å². The minimum absolute atomic E-state index is 0.0824. The van der Waals surface area contributed by atoms with Gasteiger partial charge >= 0.3 is 0 Å². The number of benzene rings is 3. The van der Waals surface area contributed by atoms with Crippen molar-refractivity contribution in [3.8, 4) is 11.5 Å². The van der Waals surface area contributed by atoms with Crippen molar-refractivity contribution < 1.29 is 19.1 Å². The first kappa shape index (κ1) is 25.2. The highest BCUT2D eigenvalue weighted by Gasteiger charge is 2.22. The molecule has 0 unspecified atom stereocenters. The number of carbonyl (C=O) groups is 2.